The Labute approximate surface area is 136 Å². The Balaban J connectivity index is 1.96. The molecule has 1 heterocycles. The third-order valence-corrected chi connectivity index (χ3v) is 3.67. The maximum atomic E-state index is 12.1. The Morgan fingerprint density at radius 2 is 1.74 bits per heavy atom. The molecule has 0 aliphatic carbocycles. The van der Waals surface area contributed by atoms with Gasteiger partial charge in [0.15, 0.2) is 0 Å². The van der Waals surface area contributed by atoms with Crippen molar-refractivity contribution in [3.05, 3.63) is 34.3 Å². The van der Waals surface area contributed by atoms with Crippen LogP contribution in [0.5, 0.6) is 5.75 Å². The van der Waals surface area contributed by atoms with E-state index >= 15 is 0 Å². The number of aromatic nitrogens is 2. The zero-order chi connectivity index (χ0) is 16.7. The van der Waals surface area contributed by atoms with Crippen LogP contribution in [0.3, 0.4) is 0 Å². The van der Waals surface area contributed by atoms with E-state index in [2.05, 4.69) is 20.8 Å². The molecular weight excluding hydrogens is 320 g/mol. The standard InChI is InChI=1S/C14H16N4O4S/c1-21-8-7-15-11(19)13-17-18-14(23-13)12(20)16-9-3-5-10(22-2)6-4-9/h3-6H,7-8H2,1-2H3,(H,15,19)(H,16,20). The highest BCUT2D eigenvalue weighted by atomic mass is 32.1. The number of nitrogens with zero attached hydrogens (tertiary/aromatic N) is 2. The summed E-state index contributed by atoms with van der Waals surface area (Å²) in [6, 6.07) is 6.86. The molecule has 8 nitrogen and oxygen atoms in total. The van der Waals surface area contributed by atoms with Gasteiger partial charge >= 0.3 is 0 Å². The first-order valence-corrected chi connectivity index (χ1v) is 7.51. The molecule has 0 aliphatic heterocycles. The summed E-state index contributed by atoms with van der Waals surface area (Å²) < 4.78 is 9.88. The van der Waals surface area contributed by atoms with Gasteiger partial charge in [0.05, 0.1) is 13.7 Å². The number of carbonyl (C=O) groups excluding carboxylic acids is 2. The molecule has 0 radical (unpaired) electrons. The number of hydrogen-bond donors (Lipinski definition) is 2. The molecule has 2 N–H and O–H groups in total. The van der Waals surface area contributed by atoms with Gasteiger partial charge in [-0.05, 0) is 24.3 Å². The average molecular weight is 336 g/mol. The van der Waals surface area contributed by atoms with Crippen molar-refractivity contribution in [3.8, 4) is 5.75 Å². The second-order valence-electron chi connectivity index (χ2n) is 4.34. The van der Waals surface area contributed by atoms with Crippen molar-refractivity contribution in [1.29, 1.82) is 0 Å². The topological polar surface area (TPSA) is 102 Å². The fourth-order valence-electron chi connectivity index (χ4n) is 1.61. The van der Waals surface area contributed by atoms with Crippen molar-refractivity contribution in [2.24, 2.45) is 0 Å². The van der Waals surface area contributed by atoms with Crippen LogP contribution in [0.15, 0.2) is 24.3 Å². The molecule has 2 aromatic rings. The van der Waals surface area contributed by atoms with Crippen LogP contribution in [-0.4, -0.2) is 49.4 Å². The van der Waals surface area contributed by atoms with Gasteiger partial charge in [-0.2, -0.15) is 0 Å². The molecule has 9 heteroatoms. The Morgan fingerprint density at radius 3 is 2.35 bits per heavy atom. The third-order valence-electron chi connectivity index (χ3n) is 2.75. The van der Waals surface area contributed by atoms with E-state index in [1.807, 2.05) is 0 Å². The van der Waals surface area contributed by atoms with Crippen LogP contribution in [0.1, 0.15) is 19.6 Å². The molecule has 0 atom stereocenters. The molecule has 1 aromatic carbocycles. The summed E-state index contributed by atoms with van der Waals surface area (Å²) in [6.45, 7) is 0.762. The fraction of sp³-hybridized carbons (Fsp3) is 0.286. The van der Waals surface area contributed by atoms with Gasteiger partial charge < -0.3 is 20.1 Å². The number of methoxy groups -OCH3 is 2. The van der Waals surface area contributed by atoms with Gasteiger partial charge in [0.2, 0.25) is 10.0 Å². The third kappa shape index (κ3) is 4.73. The van der Waals surface area contributed by atoms with Gasteiger partial charge in [-0.15, -0.1) is 10.2 Å². The first-order chi connectivity index (χ1) is 11.1. The Morgan fingerprint density at radius 1 is 1.09 bits per heavy atom. The predicted molar refractivity (Wildman–Crippen MR) is 85.1 cm³/mol. The maximum absolute atomic E-state index is 12.1. The highest BCUT2D eigenvalue weighted by Crippen LogP contribution is 2.17. The molecule has 23 heavy (non-hydrogen) atoms. The molecule has 0 saturated heterocycles. The second-order valence-corrected chi connectivity index (χ2v) is 5.32. The lowest BCUT2D eigenvalue weighted by Crippen LogP contribution is -2.26. The molecule has 0 bridgehead atoms. The van der Waals surface area contributed by atoms with Crippen molar-refractivity contribution < 1.29 is 19.1 Å². The molecule has 0 spiro atoms. The zero-order valence-electron chi connectivity index (χ0n) is 12.7. The molecule has 1 aromatic heterocycles. The van der Waals surface area contributed by atoms with Gasteiger partial charge in [-0.1, -0.05) is 11.3 Å². The van der Waals surface area contributed by atoms with E-state index in [4.69, 9.17) is 9.47 Å². The van der Waals surface area contributed by atoms with E-state index in [1.165, 1.54) is 0 Å². The number of nitrogens with one attached hydrogen (secondary N) is 2. The number of hydrogen-bond acceptors (Lipinski definition) is 7. The van der Waals surface area contributed by atoms with E-state index in [1.54, 1.807) is 38.5 Å². The summed E-state index contributed by atoms with van der Waals surface area (Å²) in [5, 5.41) is 13.0. The summed E-state index contributed by atoms with van der Waals surface area (Å²) in [4.78, 5) is 23.9. The molecule has 0 aliphatic rings. The normalized spacial score (nSPS) is 10.2. The van der Waals surface area contributed by atoms with E-state index in [0.29, 0.717) is 24.6 Å². The van der Waals surface area contributed by atoms with Crippen LogP contribution >= 0.6 is 11.3 Å². The number of benzene rings is 1. The number of ether oxygens (including phenoxy) is 2. The Kier molecular flexibility index (Phi) is 6.01. The van der Waals surface area contributed by atoms with Crippen molar-refractivity contribution in [1.82, 2.24) is 15.5 Å². The Bertz CT molecular complexity index is 672. The highest BCUT2D eigenvalue weighted by molar-refractivity contribution is 7.15. The van der Waals surface area contributed by atoms with Crippen molar-refractivity contribution >= 4 is 28.8 Å². The predicted octanol–water partition coefficient (Wildman–Crippen LogP) is 1.18. The summed E-state index contributed by atoms with van der Waals surface area (Å²) in [5.41, 5.74) is 0.595. The second kappa shape index (κ2) is 8.20. The molecule has 2 amide bonds. The van der Waals surface area contributed by atoms with Gasteiger partial charge in [-0.3, -0.25) is 9.59 Å². The quantitative estimate of drug-likeness (QED) is 0.736. The summed E-state index contributed by atoms with van der Waals surface area (Å²) in [6.07, 6.45) is 0. The lowest BCUT2D eigenvalue weighted by molar-refractivity contribution is 0.0935. The minimum absolute atomic E-state index is 0.109. The first kappa shape index (κ1) is 16.8. The van der Waals surface area contributed by atoms with Crippen LogP contribution in [0, 0.1) is 0 Å². The summed E-state index contributed by atoms with van der Waals surface area (Å²) in [5.74, 6) is -0.124. The highest BCUT2D eigenvalue weighted by Gasteiger charge is 2.17. The lowest BCUT2D eigenvalue weighted by atomic mass is 10.3. The lowest BCUT2D eigenvalue weighted by Gasteiger charge is -2.04. The Hall–Kier alpha value is -2.52. The van der Waals surface area contributed by atoms with E-state index < -0.39 is 5.91 Å². The maximum Gasteiger partial charge on any atom is 0.286 e. The van der Waals surface area contributed by atoms with Crippen molar-refractivity contribution in [3.63, 3.8) is 0 Å². The smallest absolute Gasteiger partial charge is 0.286 e. The molecular formula is C14H16N4O4S. The van der Waals surface area contributed by atoms with E-state index in [0.717, 1.165) is 11.3 Å². The number of amides is 2. The van der Waals surface area contributed by atoms with Crippen LogP contribution in [0.4, 0.5) is 5.69 Å². The minimum atomic E-state index is -0.427. The van der Waals surface area contributed by atoms with Gasteiger partial charge in [0.1, 0.15) is 5.75 Å². The summed E-state index contributed by atoms with van der Waals surface area (Å²) in [7, 11) is 3.10. The molecule has 122 valence electrons. The number of carbonyl (C=O) groups is 2. The minimum Gasteiger partial charge on any atom is -0.497 e. The number of rotatable bonds is 7. The zero-order valence-corrected chi connectivity index (χ0v) is 13.5. The fourth-order valence-corrected chi connectivity index (χ4v) is 2.26. The van der Waals surface area contributed by atoms with Crippen LogP contribution in [0.25, 0.3) is 0 Å². The number of anilines is 1. The van der Waals surface area contributed by atoms with Crippen LogP contribution < -0.4 is 15.4 Å². The van der Waals surface area contributed by atoms with Gasteiger partial charge in [0.25, 0.3) is 11.8 Å². The molecule has 0 fully saturated rings. The molecule has 0 saturated carbocycles. The van der Waals surface area contributed by atoms with E-state index in [-0.39, 0.29) is 15.9 Å². The van der Waals surface area contributed by atoms with Crippen molar-refractivity contribution in [2.75, 3.05) is 32.7 Å². The average Bonchev–Trinajstić information content (AvgIpc) is 3.06. The van der Waals surface area contributed by atoms with Crippen molar-refractivity contribution in [2.45, 2.75) is 0 Å². The molecule has 0 unspecified atom stereocenters. The van der Waals surface area contributed by atoms with Crippen LogP contribution in [0.2, 0.25) is 0 Å². The largest absolute Gasteiger partial charge is 0.497 e. The monoisotopic (exact) mass is 336 g/mol. The van der Waals surface area contributed by atoms with Gasteiger partial charge in [-0.25, -0.2) is 0 Å². The summed E-state index contributed by atoms with van der Waals surface area (Å²) >= 11 is 0.922. The van der Waals surface area contributed by atoms with E-state index in [9.17, 15) is 9.59 Å². The van der Waals surface area contributed by atoms with Gasteiger partial charge in [0, 0.05) is 19.3 Å². The molecule has 2 rings (SSSR count). The first-order valence-electron chi connectivity index (χ1n) is 6.70. The SMILES string of the molecule is COCCNC(=O)c1nnc(C(=O)Nc2ccc(OC)cc2)s1. The van der Waals surface area contributed by atoms with Crippen LogP contribution in [-0.2, 0) is 4.74 Å².